The van der Waals surface area contributed by atoms with Crippen LogP contribution >= 0.6 is 0 Å². The van der Waals surface area contributed by atoms with Gasteiger partial charge in [-0.2, -0.15) is 0 Å². The summed E-state index contributed by atoms with van der Waals surface area (Å²) in [7, 11) is 0. The van der Waals surface area contributed by atoms with Crippen molar-refractivity contribution in [1.29, 1.82) is 0 Å². The summed E-state index contributed by atoms with van der Waals surface area (Å²) in [4.78, 5) is 10.7. The molecular formula is C11H12O3. The van der Waals surface area contributed by atoms with Crippen LogP contribution in [0.3, 0.4) is 0 Å². The summed E-state index contributed by atoms with van der Waals surface area (Å²) in [6.45, 7) is 1.91. The number of benzene rings is 1. The number of ether oxygens (including phenoxy) is 1. The maximum Gasteiger partial charge on any atom is 0.304 e. The van der Waals surface area contributed by atoms with E-state index in [4.69, 9.17) is 9.84 Å². The summed E-state index contributed by atoms with van der Waals surface area (Å²) in [5.74, 6) is 0.0390. The molecule has 0 saturated carbocycles. The van der Waals surface area contributed by atoms with Crippen LogP contribution in [-0.2, 0) is 4.79 Å². The largest absolute Gasteiger partial charge is 0.490 e. The lowest BCUT2D eigenvalue weighted by atomic mass is 9.93. The molecule has 1 aromatic carbocycles. The van der Waals surface area contributed by atoms with E-state index in [0.717, 1.165) is 11.3 Å². The lowest BCUT2D eigenvalue weighted by molar-refractivity contribution is -0.137. The number of aliphatic carboxylic acids is 1. The Kier molecular flexibility index (Phi) is 2.15. The molecule has 1 aliphatic heterocycles. The van der Waals surface area contributed by atoms with E-state index in [-0.39, 0.29) is 18.4 Å². The highest BCUT2D eigenvalue weighted by Gasteiger charge is 2.32. The van der Waals surface area contributed by atoms with Gasteiger partial charge in [0, 0.05) is 11.5 Å². The van der Waals surface area contributed by atoms with E-state index >= 15 is 0 Å². The van der Waals surface area contributed by atoms with Crippen LogP contribution in [0.15, 0.2) is 24.3 Å². The summed E-state index contributed by atoms with van der Waals surface area (Å²) >= 11 is 0. The van der Waals surface area contributed by atoms with Crippen molar-refractivity contribution in [2.45, 2.75) is 25.4 Å². The van der Waals surface area contributed by atoms with Crippen molar-refractivity contribution >= 4 is 5.97 Å². The summed E-state index contributed by atoms with van der Waals surface area (Å²) in [5, 5.41) is 8.76. The van der Waals surface area contributed by atoms with E-state index in [1.54, 1.807) is 0 Å². The Morgan fingerprint density at radius 2 is 2.21 bits per heavy atom. The maximum atomic E-state index is 10.7. The van der Waals surface area contributed by atoms with Gasteiger partial charge in [0.25, 0.3) is 0 Å². The molecule has 0 saturated heterocycles. The minimum Gasteiger partial charge on any atom is -0.490 e. The van der Waals surface area contributed by atoms with E-state index in [1.165, 1.54) is 0 Å². The van der Waals surface area contributed by atoms with Crippen LogP contribution in [-0.4, -0.2) is 17.2 Å². The molecule has 0 radical (unpaired) electrons. The summed E-state index contributed by atoms with van der Waals surface area (Å²) in [6.07, 6.45) is 0.0987. The van der Waals surface area contributed by atoms with Crippen molar-refractivity contribution in [3.05, 3.63) is 29.8 Å². The first-order valence-electron chi connectivity index (χ1n) is 4.66. The Balaban J connectivity index is 2.30. The third kappa shape index (κ3) is 1.45. The fraction of sp³-hybridized carbons (Fsp3) is 0.364. The molecule has 0 fully saturated rings. The quantitative estimate of drug-likeness (QED) is 0.779. The average Bonchev–Trinajstić information content (AvgIpc) is 2.43. The zero-order chi connectivity index (χ0) is 10.1. The molecule has 0 unspecified atom stereocenters. The molecule has 1 aliphatic rings. The van der Waals surface area contributed by atoms with Crippen LogP contribution in [0, 0.1) is 0 Å². The smallest absolute Gasteiger partial charge is 0.304 e. The summed E-state index contributed by atoms with van der Waals surface area (Å²) < 4.78 is 5.56. The van der Waals surface area contributed by atoms with Gasteiger partial charge in [-0.25, -0.2) is 0 Å². The van der Waals surface area contributed by atoms with E-state index in [9.17, 15) is 4.79 Å². The van der Waals surface area contributed by atoms with Gasteiger partial charge in [-0.15, -0.1) is 0 Å². The normalized spacial score (nSPS) is 24.1. The zero-order valence-corrected chi connectivity index (χ0v) is 7.93. The number of hydrogen-bond acceptors (Lipinski definition) is 2. The molecule has 0 bridgehead atoms. The first-order chi connectivity index (χ1) is 6.68. The van der Waals surface area contributed by atoms with Gasteiger partial charge in [0.1, 0.15) is 11.9 Å². The van der Waals surface area contributed by atoms with Gasteiger partial charge in [-0.05, 0) is 13.0 Å². The molecule has 1 aromatic rings. The first-order valence-corrected chi connectivity index (χ1v) is 4.66. The van der Waals surface area contributed by atoms with Gasteiger partial charge in [0.05, 0.1) is 6.42 Å². The Hall–Kier alpha value is -1.51. The summed E-state index contributed by atoms with van der Waals surface area (Å²) in [6, 6.07) is 7.63. The van der Waals surface area contributed by atoms with Crippen LogP contribution in [0.25, 0.3) is 0 Å². The van der Waals surface area contributed by atoms with Gasteiger partial charge in [0.15, 0.2) is 0 Å². The van der Waals surface area contributed by atoms with Crippen LogP contribution in [0.2, 0.25) is 0 Å². The lowest BCUT2D eigenvalue weighted by Gasteiger charge is -2.11. The SMILES string of the molecule is C[C@@H]1Oc2ccccc2[C@H]1CC(=O)O. The van der Waals surface area contributed by atoms with Crippen LogP contribution < -0.4 is 4.74 Å². The number of carboxylic acid groups (broad SMARTS) is 1. The van der Waals surface area contributed by atoms with Gasteiger partial charge in [0.2, 0.25) is 0 Å². The maximum absolute atomic E-state index is 10.7. The fourth-order valence-corrected chi connectivity index (χ4v) is 1.89. The Bertz CT molecular complexity index is 359. The molecule has 0 aliphatic carbocycles. The number of carbonyl (C=O) groups is 1. The second-order valence-electron chi connectivity index (χ2n) is 3.57. The minimum atomic E-state index is -0.776. The van der Waals surface area contributed by atoms with E-state index in [2.05, 4.69) is 0 Å². The molecule has 1 N–H and O–H groups in total. The predicted molar refractivity (Wildman–Crippen MR) is 51.5 cm³/mol. The molecule has 74 valence electrons. The Morgan fingerprint density at radius 1 is 1.50 bits per heavy atom. The molecule has 0 spiro atoms. The number of para-hydroxylation sites is 1. The van der Waals surface area contributed by atoms with Crippen molar-refractivity contribution in [2.75, 3.05) is 0 Å². The van der Waals surface area contributed by atoms with E-state index < -0.39 is 5.97 Å². The predicted octanol–water partition coefficient (Wildman–Crippen LogP) is 2.03. The molecule has 14 heavy (non-hydrogen) atoms. The van der Waals surface area contributed by atoms with Gasteiger partial charge < -0.3 is 9.84 Å². The van der Waals surface area contributed by atoms with Crippen LogP contribution in [0.4, 0.5) is 0 Å². The fourth-order valence-electron chi connectivity index (χ4n) is 1.89. The van der Waals surface area contributed by atoms with Crippen molar-refractivity contribution in [2.24, 2.45) is 0 Å². The van der Waals surface area contributed by atoms with E-state index in [1.807, 2.05) is 31.2 Å². The first kappa shape index (κ1) is 9.06. The zero-order valence-electron chi connectivity index (χ0n) is 7.93. The molecule has 0 aromatic heterocycles. The second kappa shape index (κ2) is 3.33. The number of fused-ring (bicyclic) bond motifs is 1. The highest BCUT2D eigenvalue weighted by Crippen LogP contribution is 2.39. The number of carboxylic acids is 1. The monoisotopic (exact) mass is 192 g/mol. The molecule has 2 atom stereocenters. The average molecular weight is 192 g/mol. The number of hydrogen-bond donors (Lipinski definition) is 1. The van der Waals surface area contributed by atoms with Crippen LogP contribution in [0.5, 0.6) is 5.75 Å². The van der Waals surface area contributed by atoms with Gasteiger partial charge in [-0.3, -0.25) is 4.79 Å². The second-order valence-corrected chi connectivity index (χ2v) is 3.57. The van der Waals surface area contributed by atoms with E-state index in [0.29, 0.717) is 0 Å². The van der Waals surface area contributed by atoms with Crippen molar-refractivity contribution < 1.29 is 14.6 Å². The summed E-state index contributed by atoms with van der Waals surface area (Å²) in [5.41, 5.74) is 1.02. The highest BCUT2D eigenvalue weighted by atomic mass is 16.5. The van der Waals surface area contributed by atoms with Crippen molar-refractivity contribution in [3.63, 3.8) is 0 Å². The Labute approximate surface area is 82.3 Å². The van der Waals surface area contributed by atoms with Gasteiger partial charge in [-0.1, -0.05) is 18.2 Å². The topological polar surface area (TPSA) is 46.5 Å². The molecule has 3 heteroatoms. The van der Waals surface area contributed by atoms with Gasteiger partial charge >= 0.3 is 5.97 Å². The number of rotatable bonds is 2. The third-order valence-corrected chi connectivity index (χ3v) is 2.59. The lowest BCUT2D eigenvalue weighted by Crippen LogP contribution is -2.17. The molecule has 2 rings (SSSR count). The van der Waals surface area contributed by atoms with Crippen LogP contribution in [0.1, 0.15) is 24.8 Å². The van der Waals surface area contributed by atoms with Crippen molar-refractivity contribution in [3.8, 4) is 5.75 Å². The van der Waals surface area contributed by atoms with Crippen molar-refractivity contribution in [1.82, 2.24) is 0 Å². The molecule has 3 nitrogen and oxygen atoms in total. The standard InChI is InChI=1S/C11H12O3/c1-7-9(6-11(12)13)8-4-2-3-5-10(8)14-7/h2-5,7,9H,6H2,1H3,(H,12,13)/t7-,9-/m0/s1. The molecular weight excluding hydrogens is 180 g/mol. The molecule has 0 amide bonds. The minimum absolute atomic E-state index is 0.0105. The molecule has 1 heterocycles. The third-order valence-electron chi connectivity index (χ3n) is 2.59. The Morgan fingerprint density at radius 3 is 2.93 bits per heavy atom. The highest BCUT2D eigenvalue weighted by molar-refractivity contribution is 5.68.